The predicted molar refractivity (Wildman–Crippen MR) is 54.4 cm³/mol. The van der Waals surface area contributed by atoms with Gasteiger partial charge in [0.05, 0.1) is 0 Å². The average Bonchev–Trinajstić information content (AvgIpc) is 2.53. The van der Waals surface area contributed by atoms with Gasteiger partial charge in [0.1, 0.15) is 0 Å². The molecule has 12 heavy (non-hydrogen) atoms. The molecule has 5 atom stereocenters. The van der Waals surface area contributed by atoms with E-state index >= 15 is 0 Å². The lowest BCUT2D eigenvalue weighted by atomic mass is 9.76. The number of hydrogen-bond acceptors (Lipinski definition) is 1. The van der Waals surface area contributed by atoms with Crippen molar-refractivity contribution in [3.8, 4) is 0 Å². The summed E-state index contributed by atoms with van der Waals surface area (Å²) >= 11 is 4.84. The molecule has 0 N–H and O–H groups in total. The van der Waals surface area contributed by atoms with E-state index < -0.39 is 0 Å². The van der Waals surface area contributed by atoms with E-state index in [-0.39, 0.29) is 0 Å². The van der Waals surface area contributed by atoms with Gasteiger partial charge in [-0.3, -0.25) is 0 Å². The van der Waals surface area contributed by atoms with Crippen molar-refractivity contribution in [2.45, 2.75) is 43.8 Å². The number of hydrogen-bond donors (Lipinski definition) is 1. The summed E-state index contributed by atoms with van der Waals surface area (Å²) in [6.07, 6.45) is 7.47. The van der Waals surface area contributed by atoms with Crippen LogP contribution in [0.1, 0.15) is 39.0 Å². The fraction of sp³-hybridized carbons (Fsp3) is 1.00. The van der Waals surface area contributed by atoms with E-state index in [1.54, 1.807) is 0 Å². The molecular weight excluding hydrogens is 164 g/mol. The summed E-state index contributed by atoms with van der Waals surface area (Å²) in [5, 5.41) is 0. The summed E-state index contributed by atoms with van der Waals surface area (Å²) in [7, 11) is 0. The van der Waals surface area contributed by atoms with E-state index in [1.807, 2.05) is 0 Å². The molecule has 0 aromatic carbocycles. The lowest BCUT2D eigenvalue weighted by Gasteiger charge is -2.36. The fourth-order valence-corrected chi connectivity index (χ4v) is 4.94. The third kappa shape index (κ3) is 0.814. The number of thiol groups is 1. The highest BCUT2D eigenvalue weighted by molar-refractivity contribution is 7.81. The molecule has 1 unspecified atom stereocenters. The Morgan fingerprint density at radius 1 is 1.25 bits per heavy atom. The van der Waals surface area contributed by atoms with Crippen LogP contribution >= 0.6 is 12.6 Å². The normalized spacial score (nSPS) is 62.5. The summed E-state index contributed by atoms with van der Waals surface area (Å²) < 4.78 is 0.399. The van der Waals surface area contributed by atoms with Crippen LogP contribution in [0.5, 0.6) is 0 Å². The van der Waals surface area contributed by atoms with Gasteiger partial charge in [-0.25, -0.2) is 0 Å². The summed E-state index contributed by atoms with van der Waals surface area (Å²) in [6.45, 7) is 2.37. The van der Waals surface area contributed by atoms with E-state index in [4.69, 9.17) is 12.6 Å². The first kappa shape index (κ1) is 7.73. The highest BCUT2D eigenvalue weighted by atomic mass is 32.1. The van der Waals surface area contributed by atoms with Gasteiger partial charge in [-0.1, -0.05) is 13.3 Å². The highest BCUT2D eigenvalue weighted by Gasteiger charge is 2.57. The minimum atomic E-state index is 0.399. The van der Waals surface area contributed by atoms with Crippen molar-refractivity contribution in [2.75, 3.05) is 0 Å². The molecule has 0 aliphatic heterocycles. The molecule has 68 valence electrons. The lowest BCUT2D eigenvalue weighted by Crippen LogP contribution is -2.33. The topological polar surface area (TPSA) is 0 Å². The van der Waals surface area contributed by atoms with Crippen LogP contribution in [-0.4, -0.2) is 4.75 Å². The summed E-state index contributed by atoms with van der Waals surface area (Å²) in [6, 6.07) is 0. The molecule has 1 heteroatoms. The van der Waals surface area contributed by atoms with Crippen molar-refractivity contribution in [2.24, 2.45) is 23.7 Å². The van der Waals surface area contributed by atoms with Crippen molar-refractivity contribution in [1.82, 2.24) is 0 Å². The zero-order chi connectivity index (χ0) is 8.34. The SMILES string of the molecule is CC1(S)C[C@H]2C[C@@H]1[C@@H]1CCC[C@H]21. The third-order valence-electron chi connectivity index (χ3n) is 4.78. The molecule has 0 nitrogen and oxygen atoms in total. The van der Waals surface area contributed by atoms with E-state index in [9.17, 15) is 0 Å². The quantitative estimate of drug-likeness (QED) is 0.547. The molecule has 0 saturated heterocycles. The smallest absolute Gasteiger partial charge is 0.0135 e. The minimum Gasteiger partial charge on any atom is -0.172 e. The molecule has 0 spiro atoms. The predicted octanol–water partition coefficient (Wildman–Crippen LogP) is 3.13. The largest absolute Gasteiger partial charge is 0.172 e. The van der Waals surface area contributed by atoms with E-state index in [0.29, 0.717) is 4.75 Å². The molecule has 3 fully saturated rings. The Morgan fingerprint density at radius 2 is 2.00 bits per heavy atom. The van der Waals surface area contributed by atoms with Crippen LogP contribution in [0.2, 0.25) is 0 Å². The van der Waals surface area contributed by atoms with Gasteiger partial charge in [0, 0.05) is 4.75 Å². The highest BCUT2D eigenvalue weighted by Crippen LogP contribution is 2.63. The van der Waals surface area contributed by atoms with E-state index in [1.165, 1.54) is 32.1 Å². The molecule has 0 heterocycles. The van der Waals surface area contributed by atoms with Crippen LogP contribution in [0.15, 0.2) is 0 Å². The van der Waals surface area contributed by atoms with Crippen molar-refractivity contribution in [3.63, 3.8) is 0 Å². The van der Waals surface area contributed by atoms with Gasteiger partial charge in [-0.2, -0.15) is 12.6 Å². The van der Waals surface area contributed by atoms with Gasteiger partial charge >= 0.3 is 0 Å². The van der Waals surface area contributed by atoms with E-state index in [0.717, 1.165) is 23.7 Å². The third-order valence-corrected chi connectivity index (χ3v) is 5.29. The van der Waals surface area contributed by atoms with Crippen LogP contribution in [0, 0.1) is 23.7 Å². The Labute approximate surface area is 80.5 Å². The van der Waals surface area contributed by atoms with Gasteiger partial charge in [-0.05, 0) is 49.4 Å². The maximum Gasteiger partial charge on any atom is 0.0135 e. The maximum atomic E-state index is 4.84. The van der Waals surface area contributed by atoms with Crippen LogP contribution in [0.3, 0.4) is 0 Å². The standard InChI is InChI=1S/C11H18S/c1-11(12)6-7-5-10(11)9-4-2-3-8(7)9/h7-10,12H,2-6H2,1H3/t7-,8-,9-,10-,11?/m1/s1. The second-order valence-electron chi connectivity index (χ2n) is 5.42. The van der Waals surface area contributed by atoms with Crippen molar-refractivity contribution in [1.29, 1.82) is 0 Å². The Bertz CT molecular complexity index is 209. The monoisotopic (exact) mass is 182 g/mol. The molecule has 0 aromatic rings. The second-order valence-corrected chi connectivity index (χ2v) is 6.44. The van der Waals surface area contributed by atoms with Gasteiger partial charge in [0.15, 0.2) is 0 Å². The number of fused-ring (bicyclic) bond motifs is 5. The Balaban J connectivity index is 1.93. The zero-order valence-corrected chi connectivity index (χ0v) is 8.69. The molecule has 0 radical (unpaired) electrons. The Morgan fingerprint density at radius 3 is 2.83 bits per heavy atom. The first-order valence-electron chi connectivity index (χ1n) is 5.41. The molecular formula is C11H18S. The minimum absolute atomic E-state index is 0.399. The molecule has 3 saturated carbocycles. The lowest BCUT2D eigenvalue weighted by molar-refractivity contribution is 0.224. The van der Waals surface area contributed by atoms with Crippen LogP contribution in [0.4, 0.5) is 0 Å². The summed E-state index contributed by atoms with van der Waals surface area (Å²) in [5.41, 5.74) is 0. The summed E-state index contributed by atoms with van der Waals surface area (Å²) in [4.78, 5) is 0. The van der Waals surface area contributed by atoms with E-state index in [2.05, 4.69) is 6.92 Å². The van der Waals surface area contributed by atoms with Gasteiger partial charge in [0.2, 0.25) is 0 Å². The van der Waals surface area contributed by atoms with Crippen LogP contribution < -0.4 is 0 Å². The second kappa shape index (κ2) is 2.23. The average molecular weight is 182 g/mol. The summed E-state index contributed by atoms with van der Waals surface area (Å²) in [5.74, 6) is 4.23. The first-order valence-corrected chi connectivity index (χ1v) is 5.85. The van der Waals surface area contributed by atoms with Crippen LogP contribution in [-0.2, 0) is 0 Å². The molecule has 3 rings (SSSR count). The van der Waals surface area contributed by atoms with Gasteiger partial charge in [0.25, 0.3) is 0 Å². The molecule has 0 amide bonds. The van der Waals surface area contributed by atoms with Crippen molar-refractivity contribution in [3.05, 3.63) is 0 Å². The van der Waals surface area contributed by atoms with Gasteiger partial charge in [-0.15, -0.1) is 0 Å². The molecule has 3 aliphatic rings. The zero-order valence-electron chi connectivity index (χ0n) is 7.79. The van der Waals surface area contributed by atoms with Crippen LogP contribution in [0.25, 0.3) is 0 Å². The molecule has 3 aliphatic carbocycles. The first-order chi connectivity index (χ1) is 5.68. The number of rotatable bonds is 0. The van der Waals surface area contributed by atoms with Gasteiger partial charge < -0.3 is 0 Å². The van der Waals surface area contributed by atoms with Crippen molar-refractivity contribution >= 4 is 12.6 Å². The molecule has 0 aromatic heterocycles. The maximum absolute atomic E-state index is 4.84. The fourth-order valence-electron chi connectivity index (χ4n) is 4.41. The Kier molecular flexibility index (Phi) is 1.44. The molecule has 2 bridgehead atoms. The van der Waals surface area contributed by atoms with Crippen molar-refractivity contribution < 1.29 is 0 Å². The Hall–Kier alpha value is 0.350.